The molecule has 0 aliphatic carbocycles. The Hall–Kier alpha value is -2.43. The zero-order valence-electron chi connectivity index (χ0n) is 12.7. The van der Waals surface area contributed by atoms with E-state index in [9.17, 15) is 4.79 Å². The van der Waals surface area contributed by atoms with Crippen LogP contribution < -0.4 is 5.73 Å². The van der Waals surface area contributed by atoms with Crippen LogP contribution in [0.4, 0.5) is 5.82 Å². The van der Waals surface area contributed by atoms with Crippen LogP contribution in [0.15, 0.2) is 36.7 Å². The quantitative estimate of drug-likeness (QED) is 0.924. The van der Waals surface area contributed by atoms with Crippen LogP contribution in [0.2, 0.25) is 0 Å². The monoisotopic (exact) mass is 296 g/mol. The lowest BCUT2D eigenvalue weighted by Gasteiger charge is -2.31. The number of amides is 1. The van der Waals surface area contributed by atoms with Crippen LogP contribution in [-0.2, 0) is 4.79 Å². The Bertz CT molecular complexity index is 651. The number of nitrogens with two attached hydrogens (primary N) is 1. The number of carbonyl (C=O) groups is 1. The molecule has 114 valence electrons. The molecule has 3 rings (SSSR count). The highest BCUT2D eigenvalue weighted by Gasteiger charge is 2.23. The summed E-state index contributed by atoms with van der Waals surface area (Å²) in [5.41, 5.74) is 8.68. The van der Waals surface area contributed by atoms with Crippen molar-refractivity contribution in [2.75, 3.05) is 18.8 Å². The molecule has 2 N–H and O–H groups in total. The van der Waals surface area contributed by atoms with Crippen LogP contribution in [0, 0.1) is 0 Å². The lowest BCUT2D eigenvalue weighted by atomic mass is 9.93. The van der Waals surface area contributed by atoms with Crippen LogP contribution in [0.5, 0.6) is 0 Å². The fraction of sp³-hybridized carbons (Fsp3) is 0.353. The van der Waals surface area contributed by atoms with Crippen LogP contribution in [0.1, 0.15) is 31.4 Å². The standard InChI is InChI=1S/C17H20N4O/c1-12(22)21-8-2-3-15(11-21)16-6-4-13(9-19-16)14-5-7-17(18)20-10-14/h4-7,9-10,15H,2-3,8,11H2,1H3,(H2,18,20). The minimum absolute atomic E-state index is 0.147. The molecule has 22 heavy (non-hydrogen) atoms. The Morgan fingerprint density at radius 2 is 1.91 bits per heavy atom. The molecule has 5 nitrogen and oxygen atoms in total. The summed E-state index contributed by atoms with van der Waals surface area (Å²) in [5.74, 6) is 0.991. The summed E-state index contributed by atoms with van der Waals surface area (Å²) in [7, 11) is 0. The molecule has 1 aliphatic rings. The summed E-state index contributed by atoms with van der Waals surface area (Å²) in [6.45, 7) is 3.26. The third-order valence-electron chi connectivity index (χ3n) is 4.19. The first-order valence-corrected chi connectivity index (χ1v) is 7.57. The number of aromatic nitrogens is 2. The molecule has 5 heteroatoms. The minimum Gasteiger partial charge on any atom is -0.384 e. The van der Waals surface area contributed by atoms with Gasteiger partial charge in [0.05, 0.1) is 0 Å². The number of piperidine rings is 1. The second-order valence-corrected chi connectivity index (χ2v) is 5.75. The molecule has 1 saturated heterocycles. The van der Waals surface area contributed by atoms with Gasteiger partial charge < -0.3 is 10.6 Å². The van der Waals surface area contributed by atoms with E-state index in [1.165, 1.54) is 0 Å². The van der Waals surface area contributed by atoms with E-state index in [0.717, 1.165) is 42.8 Å². The first-order chi connectivity index (χ1) is 10.6. The van der Waals surface area contributed by atoms with Gasteiger partial charge in [-0.05, 0) is 31.0 Å². The van der Waals surface area contributed by atoms with E-state index in [4.69, 9.17) is 5.73 Å². The SMILES string of the molecule is CC(=O)N1CCCC(c2ccc(-c3ccc(N)nc3)cn2)C1. The van der Waals surface area contributed by atoms with Gasteiger partial charge in [0.15, 0.2) is 0 Å². The first kappa shape index (κ1) is 14.5. The maximum atomic E-state index is 11.5. The predicted molar refractivity (Wildman–Crippen MR) is 86.1 cm³/mol. The molecule has 3 heterocycles. The van der Waals surface area contributed by atoms with E-state index in [2.05, 4.69) is 22.1 Å². The number of pyridine rings is 2. The Morgan fingerprint density at radius 1 is 1.18 bits per heavy atom. The molecule has 1 amide bonds. The van der Waals surface area contributed by atoms with E-state index in [0.29, 0.717) is 11.7 Å². The van der Waals surface area contributed by atoms with Crippen molar-refractivity contribution >= 4 is 11.7 Å². The molecular formula is C17H20N4O. The maximum absolute atomic E-state index is 11.5. The van der Waals surface area contributed by atoms with Gasteiger partial charge in [-0.2, -0.15) is 0 Å². The average Bonchev–Trinajstić information content (AvgIpc) is 2.56. The van der Waals surface area contributed by atoms with Crippen LogP contribution in [-0.4, -0.2) is 33.9 Å². The van der Waals surface area contributed by atoms with E-state index < -0.39 is 0 Å². The summed E-state index contributed by atoms with van der Waals surface area (Å²) < 4.78 is 0. The summed E-state index contributed by atoms with van der Waals surface area (Å²) in [4.78, 5) is 22.1. The van der Waals surface area contributed by atoms with Crippen molar-refractivity contribution in [2.45, 2.75) is 25.7 Å². The topological polar surface area (TPSA) is 72.1 Å². The number of hydrogen-bond acceptors (Lipinski definition) is 4. The second kappa shape index (κ2) is 6.13. The molecule has 1 aliphatic heterocycles. The third-order valence-corrected chi connectivity index (χ3v) is 4.19. The predicted octanol–water partition coefficient (Wildman–Crippen LogP) is 2.45. The van der Waals surface area contributed by atoms with Crippen LogP contribution in [0.3, 0.4) is 0 Å². The second-order valence-electron chi connectivity index (χ2n) is 5.75. The first-order valence-electron chi connectivity index (χ1n) is 7.57. The number of anilines is 1. The summed E-state index contributed by atoms with van der Waals surface area (Å²) >= 11 is 0. The van der Waals surface area contributed by atoms with Gasteiger partial charge in [0.25, 0.3) is 0 Å². The lowest BCUT2D eigenvalue weighted by Crippen LogP contribution is -2.37. The van der Waals surface area contributed by atoms with Crippen molar-refractivity contribution in [1.29, 1.82) is 0 Å². The molecule has 0 saturated carbocycles. The van der Waals surface area contributed by atoms with Crippen molar-refractivity contribution in [3.8, 4) is 11.1 Å². The number of nitrogens with zero attached hydrogens (tertiary/aromatic N) is 3. The van der Waals surface area contributed by atoms with E-state index in [1.807, 2.05) is 17.2 Å². The molecule has 1 atom stereocenters. The van der Waals surface area contributed by atoms with E-state index in [1.54, 1.807) is 19.2 Å². The average molecular weight is 296 g/mol. The Morgan fingerprint density at radius 3 is 2.50 bits per heavy atom. The van der Waals surface area contributed by atoms with Gasteiger partial charge in [0.1, 0.15) is 5.82 Å². The molecule has 0 radical (unpaired) electrons. The minimum atomic E-state index is 0.147. The molecule has 1 unspecified atom stereocenters. The summed E-state index contributed by atoms with van der Waals surface area (Å²) in [6, 6.07) is 7.84. The van der Waals surface area contributed by atoms with Crippen LogP contribution in [0.25, 0.3) is 11.1 Å². The third kappa shape index (κ3) is 3.08. The molecule has 0 spiro atoms. The van der Waals surface area contributed by atoms with Gasteiger partial charge in [-0.3, -0.25) is 9.78 Å². The number of likely N-dealkylation sites (tertiary alicyclic amines) is 1. The van der Waals surface area contributed by atoms with Gasteiger partial charge in [0.2, 0.25) is 5.91 Å². The van der Waals surface area contributed by atoms with Gasteiger partial charge in [-0.25, -0.2) is 4.98 Å². The Labute approximate surface area is 130 Å². The maximum Gasteiger partial charge on any atom is 0.219 e. The zero-order chi connectivity index (χ0) is 15.5. The highest BCUT2D eigenvalue weighted by Crippen LogP contribution is 2.27. The Kier molecular flexibility index (Phi) is 4.04. The van der Waals surface area contributed by atoms with Gasteiger partial charge >= 0.3 is 0 Å². The fourth-order valence-corrected chi connectivity index (χ4v) is 2.90. The molecule has 2 aromatic rings. The number of carbonyl (C=O) groups excluding carboxylic acids is 1. The van der Waals surface area contributed by atoms with E-state index in [-0.39, 0.29) is 5.91 Å². The molecular weight excluding hydrogens is 276 g/mol. The largest absolute Gasteiger partial charge is 0.384 e. The zero-order valence-corrected chi connectivity index (χ0v) is 12.7. The number of nitrogen functional groups attached to an aromatic ring is 1. The van der Waals surface area contributed by atoms with Gasteiger partial charge in [-0.1, -0.05) is 6.07 Å². The van der Waals surface area contributed by atoms with E-state index >= 15 is 0 Å². The normalized spacial score (nSPS) is 18.2. The summed E-state index contributed by atoms with van der Waals surface area (Å²) in [6.07, 6.45) is 5.74. The molecule has 1 fully saturated rings. The molecule has 2 aromatic heterocycles. The van der Waals surface area contributed by atoms with Crippen molar-refractivity contribution in [1.82, 2.24) is 14.9 Å². The van der Waals surface area contributed by atoms with Crippen molar-refractivity contribution in [2.24, 2.45) is 0 Å². The van der Waals surface area contributed by atoms with Crippen molar-refractivity contribution in [3.63, 3.8) is 0 Å². The molecule has 0 aromatic carbocycles. The smallest absolute Gasteiger partial charge is 0.219 e. The highest BCUT2D eigenvalue weighted by molar-refractivity contribution is 5.73. The van der Waals surface area contributed by atoms with Crippen molar-refractivity contribution < 1.29 is 4.79 Å². The van der Waals surface area contributed by atoms with Gasteiger partial charge in [-0.15, -0.1) is 0 Å². The highest BCUT2D eigenvalue weighted by atomic mass is 16.2. The molecule has 0 bridgehead atoms. The van der Waals surface area contributed by atoms with Crippen molar-refractivity contribution in [3.05, 3.63) is 42.4 Å². The number of hydrogen-bond donors (Lipinski definition) is 1. The Balaban J connectivity index is 1.76. The van der Waals surface area contributed by atoms with Gasteiger partial charge in [0, 0.05) is 55.1 Å². The van der Waals surface area contributed by atoms with Crippen LogP contribution >= 0.6 is 0 Å². The fourth-order valence-electron chi connectivity index (χ4n) is 2.90. The number of rotatable bonds is 2. The lowest BCUT2D eigenvalue weighted by molar-refractivity contribution is -0.130. The summed E-state index contributed by atoms with van der Waals surface area (Å²) in [5, 5.41) is 0.